The van der Waals surface area contributed by atoms with Crippen molar-refractivity contribution in [1.29, 1.82) is 0 Å². The molecule has 0 heterocycles. The predicted molar refractivity (Wildman–Crippen MR) is 42.9 cm³/mol. The number of hydrogen-bond acceptors (Lipinski definition) is 2. The van der Waals surface area contributed by atoms with E-state index in [1.807, 2.05) is 0 Å². The van der Waals surface area contributed by atoms with Gasteiger partial charge < -0.3 is 11.5 Å². The summed E-state index contributed by atoms with van der Waals surface area (Å²) in [5, 5.41) is -1.28. The summed E-state index contributed by atoms with van der Waals surface area (Å²) >= 11 is 6.21. The fourth-order valence-corrected chi connectivity index (χ4v) is 0. The number of amides is 2. The Morgan fingerprint density at radius 1 is 1.00 bits per heavy atom. The predicted octanol–water partition coefficient (Wildman–Crippen LogP) is -0.391. The van der Waals surface area contributed by atoms with E-state index in [2.05, 4.69) is 36.7 Å². The van der Waals surface area contributed by atoms with Gasteiger partial charge in [-0.15, -0.1) is 0 Å². The molecule has 0 spiro atoms. The smallest absolute Gasteiger partial charge is 0.273 e. The van der Waals surface area contributed by atoms with Crippen LogP contribution in [0.4, 0.5) is 9.59 Å². The van der Waals surface area contributed by atoms with Crippen molar-refractivity contribution in [2.75, 3.05) is 0 Å². The molecule has 2 radical (unpaired) electrons. The van der Waals surface area contributed by atoms with Gasteiger partial charge in [0.1, 0.15) is 0 Å². The second-order valence-electron chi connectivity index (χ2n) is 0.676. The zero-order valence-corrected chi connectivity index (χ0v) is 7.78. The summed E-state index contributed by atoms with van der Waals surface area (Å²) in [6, 6.07) is 0. The van der Waals surface area contributed by atoms with E-state index in [1.54, 1.807) is 0 Å². The van der Waals surface area contributed by atoms with Gasteiger partial charge in [-0.3, -0.25) is 9.59 Å². The second-order valence-corrected chi connectivity index (χ2v) is 1.56. The molecule has 0 unspecified atom stereocenters. The van der Waals surface area contributed by atoms with Gasteiger partial charge in [-0.05, 0) is 0 Å². The van der Waals surface area contributed by atoms with Crippen LogP contribution in [0.1, 0.15) is 0 Å². The van der Waals surface area contributed by atoms with E-state index in [9.17, 15) is 0 Å². The summed E-state index contributed by atoms with van der Waals surface area (Å²) in [5.74, 6) is 0. The first kappa shape index (κ1) is 16.1. The number of thiol groups is 2. The Kier molecular flexibility index (Phi) is 19.7. The van der Waals surface area contributed by atoms with E-state index in [-0.39, 0.29) is 17.1 Å². The summed E-state index contributed by atoms with van der Waals surface area (Å²) in [6.07, 6.45) is 0. The van der Waals surface area contributed by atoms with Crippen LogP contribution in [0.5, 0.6) is 0 Å². The van der Waals surface area contributed by atoms with Crippen LogP contribution >= 0.6 is 25.3 Å². The maximum Gasteiger partial charge on any atom is 0.273 e. The Morgan fingerprint density at radius 2 is 1.00 bits per heavy atom. The van der Waals surface area contributed by atoms with Crippen LogP contribution in [0.15, 0.2) is 0 Å². The molecule has 0 aromatic heterocycles. The van der Waals surface area contributed by atoms with E-state index < -0.39 is 10.5 Å². The minimum absolute atomic E-state index is 0. The maximum atomic E-state index is 9.09. The van der Waals surface area contributed by atoms with Crippen molar-refractivity contribution in [3.8, 4) is 0 Å². The van der Waals surface area contributed by atoms with E-state index in [0.29, 0.717) is 0 Å². The molecule has 7 heteroatoms. The Morgan fingerprint density at radius 3 is 1.00 bits per heavy atom. The Hall–Kier alpha value is 0.159. The molecule has 0 bridgehead atoms. The molecule has 0 atom stereocenters. The van der Waals surface area contributed by atoms with Crippen molar-refractivity contribution in [3.63, 3.8) is 0 Å². The summed E-state index contributed by atoms with van der Waals surface area (Å²) < 4.78 is 0. The van der Waals surface area contributed by atoms with Gasteiger partial charge in [-0.1, -0.05) is 25.3 Å². The number of rotatable bonds is 0. The Balaban J connectivity index is -0.0000000720. The zero-order chi connectivity index (χ0) is 7.15. The van der Waals surface area contributed by atoms with Crippen LogP contribution in [0, 0.1) is 0 Å². The van der Waals surface area contributed by atoms with Gasteiger partial charge in [-0.25, -0.2) is 0 Å². The molecule has 0 saturated carbocycles. The topological polar surface area (TPSA) is 86.2 Å². The molecule has 0 aromatic carbocycles. The summed E-state index contributed by atoms with van der Waals surface area (Å²) in [4.78, 5) is 18.2. The molecule has 0 rings (SSSR count). The quantitative estimate of drug-likeness (QED) is 0.339. The first-order valence-corrected chi connectivity index (χ1v) is 2.33. The van der Waals surface area contributed by atoms with Gasteiger partial charge in [-0.2, -0.15) is 0 Å². The first-order chi connectivity index (χ1) is 3.46. The molecule has 4 N–H and O–H groups in total. The van der Waals surface area contributed by atoms with Crippen molar-refractivity contribution in [3.05, 3.63) is 0 Å². The van der Waals surface area contributed by atoms with E-state index in [4.69, 9.17) is 9.59 Å². The summed E-state index contributed by atoms with van der Waals surface area (Å²) in [5.41, 5.74) is 8.67. The van der Waals surface area contributed by atoms with Crippen molar-refractivity contribution >= 4 is 52.8 Å². The van der Waals surface area contributed by atoms with Crippen molar-refractivity contribution < 1.29 is 9.59 Å². The average Bonchev–Trinajstić information content (AvgIpc) is 1.25. The maximum absolute atomic E-state index is 9.09. The molecule has 54 valence electrons. The van der Waals surface area contributed by atoms with Crippen molar-refractivity contribution in [2.45, 2.75) is 0 Å². The first-order valence-electron chi connectivity index (χ1n) is 1.43. The minimum Gasteiger partial charge on any atom is -0.361 e. The van der Waals surface area contributed by atoms with Crippen molar-refractivity contribution in [2.24, 2.45) is 11.5 Å². The molecule has 2 amide bonds. The van der Waals surface area contributed by atoms with E-state index in [0.717, 1.165) is 0 Å². The molecule has 0 aliphatic rings. The van der Waals surface area contributed by atoms with Crippen molar-refractivity contribution in [1.82, 2.24) is 0 Å². The van der Waals surface area contributed by atoms with Gasteiger partial charge in [0.05, 0.1) is 0 Å². The third kappa shape index (κ3) is 12200. The average molecular weight is 233 g/mol. The summed E-state index contributed by atoms with van der Waals surface area (Å²) in [7, 11) is 0. The molecule has 0 saturated heterocycles. The third-order valence-corrected chi connectivity index (χ3v) is 0. The van der Waals surface area contributed by atoms with Crippen LogP contribution in [0.25, 0.3) is 0 Å². The molecule has 0 fully saturated rings. The Bertz CT molecular complexity index is 78.6. The number of carbonyl (C=O) groups is 2. The monoisotopic (exact) mass is 234 g/mol. The molecule has 4 nitrogen and oxygen atoms in total. The summed E-state index contributed by atoms with van der Waals surface area (Å²) in [6.45, 7) is 0. The van der Waals surface area contributed by atoms with Crippen LogP contribution in [0.3, 0.4) is 0 Å². The van der Waals surface area contributed by atoms with Gasteiger partial charge in [0, 0.05) is 17.1 Å². The standard InChI is InChI=1S/2CH3NOS.Se/c2*2-1(3)4;/h2*(H3,2,3,4);. The Labute approximate surface area is 74.0 Å². The van der Waals surface area contributed by atoms with Crippen LogP contribution in [-0.4, -0.2) is 27.5 Å². The molecule has 0 aliphatic heterocycles. The van der Waals surface area contributed by atoms with Crippen LogP contribution < -0.4 is 11.5 Å². The number of carbonyl (C=O) groups excluding carboxylic acids is 2. The fourth-order valence-electron chi connectivity index (χ4n) is 0. The second kappa shape index (κ2) is 11.0. The van der Waals surface area contributed by atoms with Gasteiger partial charge in [0.15, 0.2) is 0 Å². The minimum atomic E-state index is -0.639. The molecule has 0 aromatic rings. The van der Waals surface area contributed by atoms with E-state index >= 15 is 0 Å². The van der Waals surface area contributed by atoms with E-state index in [1.165, 1.54) is 0 Å². The van der Waals surface area contributed by atoms with Crippen LogP contribution in [-0.2, 0) is 0 Å². The molecular formula is C2H6N2O2S2Se. The van der Waals surface area contributed by atoms with Gasteiger partial charge >= 0.3 is 0 Å². The largest absolute Gasteiger partial charge is 0.361 e. The zero-order valence-electron chi connectivity index (χ0n) is 4.27. The number of primary amides is 2. The van der Waals surface area contributed by atoms with Gasteiger partial charge in [0.25, 0.3) is 10.5 Å². The van der Waals surface area contributed by atoms with Gasteiger partial charge in [0.2, 0.25) is 0 Å². The SMILES string of the molecule is NC(=O)S.NC(=O)S.[Se]. The molecule has 9 heavy (non-hydrogen) atoms. The number of hydrogen-bond donors (Lipinski definition) is 4. The fraction of sp³-hybridized carbons (Fsp3) is 0. The normalized spacial score (nSPS) is 5.56. The van der Waals surface area contributed by atoms with Crippen LogP contribution in [0.2, 0.25) is 0 Å². The molecular weight excluding hydrogens is 227 g/mol. The number of nitrogens with two attached hydrogens (primary N) is 2. The third-order valence-electron chi connectivity index (χ3n) is 0. The molecule has 0 aliphatic carbocycles.